The molecule has 4 nitrogen and oxygen atoms in total. The molecule has 2 N–H and O–H groups in total. The van der Waals surface area contributed by atoms with Gasteiger partial charge in [-0.15, -0.1) is 5.10 Å². The lowest BCUT2D eigenvalue weighted by Gasteiger charge is -2.08. The highest BCUT2D eigenvalue weighted by Crippen LogP contribution is 2.14. The summed E-state index contributed by atoms with van der Waals surface area (Å²) >= 11 is 0. The fraction of sp³-hybridized carbons (Fsp3) is 0.385. The summed E-state index contributed by atoms with van der Waals surface area (Å²) in [5.41, 5.74) is 10.4. The highest BCUT2D eigenvalue weighted by molar-refractivity contribution is 5.33. The number of hydrogen-bond acceptors (Lipinski definition) is 3. The number of aryl methyl sites for hydroxylation is 2. The molecule has 0 bridgehead atoms. The number of nitrogens with two attached hydrogens (primary N) is 1. The molecule has 90 valence electrons. The van der Waals surface area contributed by atoms with E-state index in [0.29, 0.717) is 6.54 Å². The molecule has 0 saturated carbocycles. The molecule has 0 atom stereocenters. The first-order chi connectivity index (χ1) is 8.20. The van der Waals surface area contributed by atoms with Crippen LogP contribution in [0.3, 0.4) is 0 Å². The van der Waals surface area contributed by atoms with Gasteiger partial charge in [-0.05, 0) is 37.1 Å². The smallest absolute Gasteiger partial charge is 0.0839 e. The summed E-state index contributed by atoms with van der Waals surface area (Å²) in [7, 11) is 0. The molecular weight excluding hydrogens is 212 g/mol. The summed E-state index contributed by atoms with van der Waals surface area (Å²) in [6, 6.07) is 6.33. The van der Waals surface area contributed by atoms with Gasteiger partial charge in [-0.1, -0.05) is 23.4 Å². The van der Waals surface area contributed by atoms with Crippen molar-refractivity contribution in [2.75, 3.05) is 6.54 Å². The van der Waals surface area contributed by atoms with E-state index in [4.69, 9.17) is 5.73 Å². The lowest BCUT2D eigenvalue weighted by molar-refractivity contribution is 0.645. The molecule has 4 heteroatoms. The van der Waals surface area contributed by atoms with E-state index in [-0.39, 0.29) is 0 Å². The van der Waals surface area contributed by atoms with Crippen LogP contribution in [0.4, 0.5) is 0 Å². The first-order valence-electron chi connectivity index (χ1n) is 5.85. The van der Waals surface area contributed by atoms with E-state index in [2.05, 4.69) is 42.4 Å². The predicted octanol–water partition coefficient (Wildman–Crippen LogP) is 1.44. The summed E-state index contributed by atoms with van der Waals surface area (Å²) in [6.45, 7) is 5.64. The number of aromatic nitrogens is 3. The molecule has 0 amide bonds. The van der Waals surface area contributed by atoms with Crippen LogP contribution in [0.15, 0.2) is 24.4 Å². The number of hydrogen-bond donors (Lipinski definition) is 1. The Morgan fingerprint density at radius 1 is 1.24 bits per heavy atom. The van der Waals surface area contributed by atoms with Crippen LogP contribution >= 0.6 is 0 Å². The average molecular weight is 230 g/mol. The molecule has 1 heterocycles. The number of rotatable bonds is 4. The van der Waals surface area contributed by atoms with Crippen LogP contribution in [-0.2, 0) is 13.0 Å². The van der Waals surface area contributed by atoms with E-state index in [1.165, 1.54) is 16.7 Å². The third-order valence-electron chi connectivity index (χ3n) is 2.95. The van der Waals surface area contributed by atoms with Crippen molar-refractivity contribution in [2.24, 2.45) is 5.73 Å². The molecule has 0 aliphatic heterocycles. The fourth-order valence-corrected chi connectivity index (χ4v) is 1.94. The highest BCUT2D eigenvalue weighted by Gasteiger charge is 2.05. The van der Waals surface area contributed by atoms with Crippen LogP contribution in [0.5, 0.6) is 0 Å². The first kappa shape index (κ1) is 11.8. The SMILES string of the molecule is Cc1cccc(C)c1Cn1cc(CCN)nn1. The topological polar surface area (TPSA) is 56.7 Å². The Morgan fingerprint density at radius 3 is 2.59 bits per heavy atom. The fourth-order valence-electron chi connectivity index (χ4n) is 1.94. The quantitative estimate of drug-likeness (QED) is 0.864. The van der Waals surface area contributed by atoms with Crippen LogP contribution in [-0.4, -0.2) is 21.5 Å². The van der Waals surface area contributed by atoms with Crippen molar-refractivity contribution in [2.45, 2.75) is 26.8 Å². The van der Waals surface area contributed by atoms with Crippen molar-refractivity contribution < 1.29 is 0 Å². The minimum atomic E-state index is 0.613. The Balaban J connectivity index is 2.19. The molecule has 17 heavy (non-hydrogen) atoms. The van der Waals surface area contributed by atoms with E-state index in [1.54, 1.807) is 0 Å². The summed E-state index contributed by atoms with van der Waals surface area (Å²) in [6.07, 6.45) is 2.76. The second-order valence-corrected chi connectivity index (χ2v) is 4.32. The molecule has 0 radical (unpaired) electrons. The average Bonchev–Trinajstić information content (AvgIpc) is 2.72. The van der Waals surface area contributed by atoms with Crippen molar-refractivity contribution >= 4 is 0 Å². The van der Waals surface area contributed by atoms with Crippen LogP contribution in [0.1, 0.15) is 22.4 Å². The van der Waals surface area contributed by atoms with Crippen LogP contribution in [0, 0.1) is 13.8 Å². The zero-order chi connectivity index (χ0) is 12.3. The van der Waals surface area contributed by atoms with E-state index < -0.39 is 0 Å². The van der Waals surface area contributed by atoms with Gasteiger partial charge in [0.15, 0.2) is 0 Å². The van der Waals surface area contributed by atoms with Crippen molar-refractivity contribution in [3.8, 4) is 0 Å². The Bertz CT molecular complexity index is 482. The minimum absolute atomic E-state index is 0.613. The highest BCUT2D eigenvalue weighted by atomic mass is 15.4. The third kappa shape index (κ3) is 2.71. The first-order valence-corrected chi connectivity index (χ1v) is 5.85. The van der Waals surface area contributed by atoms with E-state index in [1.807, 2.05) is 10.9 Å². The molecular formula is C13H18N4. The Morgan fingerprint density at radius 2 is 1.94 bits per heavy atom. The molecule has 0 unspecified atom stereocenters. The normalized spacial score (nSPS) is 10.8. The van der Waals surface area contributed by atoms with Gasteiger partial charge in [0.05, 0.1) is 12.2 Å². The number of benzene rings is 1. The lowest BCUT2D eigenvalue weighted by Crippen LogP contribution is -2.04. The maximum Gasteiger partial charge on any atom is 0.0839 e. The zero-order valence-electron chi connectivity index (χ0n) is 10.3. The maximum atomic E-state index is 5.49. The second kappa shape index (κ2) is 5.10. The molecule has 0 aliphatic rings. The molecule has 0 fully saturated rings. The summed E-state index contributed by atoms with van der Waals surface area (Å²) in [5.74, 6) is 0. The van der Waals surface area contributed by atoms with Crippen LogP contribution < -0.4 is 5.73 Å². The van der Waals surface area contributed by atoms with Crippen molar-refractivity contribution in [1.29, 1.82) is 0 Å². The van der Waals surface area contributed by atoms with Gasteiger partial charge in [-0.25, -0.2) is 4.68 Å². The van der Waals surface area contributed by atoms with Gasteiger partial charge in [0.1, 0.15) is 0 Å². The standard InChI is InChI=1S/C13H18N4/c1-10-4-3-5-11(2)13(10)9-17-8-12(6-7-14)15-16-17/h3-5,8H,6-7,9,14H2,1-2H3. The van der Waals surface area contributed by atoms with E-state index >= 15 is 0 Å². The van der Waals surface area contributed by atoms with Gasteiger partial charge in [0.25, 0.3) is 0 Å². The van der Waals surface area contributed by atoms with Gasteiger partial charge in [0.2, 0.25) is 0 Å². The predicted molar refractivity (Wildman–Crippen MR) is 67.8 cm³/mol. The van der Waals surface area contributed by atoms with Crippen molar-refractivity contribution in [3.05, 3.63) is 46.8 Å². The van der Waals surface area contributed by atoms with E-state index in [9.17, 15) is 0 Å². The zero-order valence-corrected chi connectivity index (χ0v) is 10.3. The molecule has 1 aromatic heterocycles. The minimum Gasteiger partial charge on any atom is -0.330 e. The monoisotopic (exact) mass is 230 g/mol. The van der Waals surface area contributed by atoms with Gasteiger partial charge in [-0.3, -0.25) is 0 Å². The Kier molecular flexibility index (Phi) is 3.54. The molecule has 2 rings (SSSR count). The number of nitrogens with zero attached hydrogens (tertiary/aromatic N) is 3. The second-order valence-electron chi connectivity index (χ2n) is 4.32. The van der Waals surface area contributed by atoms with Gasteiger partial charge in [0, 0.05) is 12.6 Å². The molecule has 1 aromatic carbocycles. The molecule has 2 aromatic rings. The van der Waals surface area contributed by atoms with Crippen molar-refractivity contribution in [3.63, 3.8) is 0 Å². The maximum absolute atomic E-state index is 5.49. The van der Waals surface area contributed by atoms with Gasteiger partial charge >= 0.3 is 0 Å². The molecule has 0 aliphatic carbocycles. The Labute approximate surface area is 101 Å². The van der Waals surface area contributed by atoms with Crippen LogP contribution in [0.25, 0.3) is 0 Å². The summed E-state index contributed by atoms with van der Waals surface area (Å²) in [5, 5.41) is 8.22. The molecule has 0 spiro atoms. The third-order valence-corrected chi connectivity index (χ3v) is 2.95. The molecule has 0 saturated heterocycles. The summed E-state index contributed by atoms with van der Waals surface area (Å²) in [4.78, 5) is 0. The van der Waals surface area contributed by atoms with Crippen LogP contribution in [0.2, 0.25) is 0 Å². The lowest BCUT2D eigenvalue weighted by atomic mass is 10.0. The van der Waals surface area contributed by atoms with Gasteiger partial charge < -0.3 is 5.73 Å². The van der Waals surface area contributed by atoms with E-state index in [0.717, 1.165) is 18.7 Å². The summed E-state index contributed by atoms with van der Waals surface area (Å²) < 4.78 is 1.88. The van der Waals surface area contributed by atoms with Gasteiger partial charge in [-0.2, -0.15) is 0 Å². The van der Waals surface area contributed by atoms with Crippen molar-refractivity contribution in [1.82, 2.24) is 15.0 Å². The largest absolute Gasteiger partial charge is 0.330 e. The Hall–Kier alpha value is -1.68.